The van der Waals surface area contributed by atoms with Crippen molar-refractivity contribution < 1.29 is 0 Å². The number of hydrogen-bond acceptors (Lipinski definition) is 3. The minimum absolute atomic E-state index is 0.0612. The predicted molar refractivity (Wildman–Crippen MR) is 93.9 cm³/mol. The van der Waals surface area contributed by atoms with Gasteiger partial charge in [0.15, 0.2) is 0 Å². The third-order valence-electron chi connectivity index (χ3n) is 3.83. The van der Waals surface area contributed by atoms with Crippen molar-refractivity contribution in [1.29, 1.82) is 0 Å². The zero-order valence-corrected chi connectivity index (χ0v) is 13.0. The molecule has 0 aliphatic rings. The van der Waals surface area contributed by atoms with Crippen LogP contribution in [0.3, 0.4) is 0 Å². The average molecular weight is 293 g/mol. The molecule has 2 aromatic carbocycles. The van der Waals surface area contributed by atoms with Crippen molar-refractivity contribution in [3.05, 3.63) is 58.9 Å². The fraction of sp³-hybridized carbons (Fsp3) is 0.167. The lowest BCUT2D eigenvalue weighted by Gasteiger charge is -2.13. The summed E-state index contributed by atoms with van der Waals surface area (Å²) in [4.78, 5) is 17.3. The smallest absolute Gasteiger partial charge is 0.256 e. The van der Waals surface area contributed by atoms with E-state index >= 15 is 0 Å². The molecule has 3 aromatic rings. The molecule has 0 spiro atoms. The molecule has 0 aliphatic carbocycles. The zero-order valence-electron chi connectivity index (χ0n) is 13.0. The first-order chi connectivity index (χ1) is 10.6. The van der Waals surface area contributed by atoms with E-state index in [0.29, 0.717) is 5.39 Å². The van der Waals surface area contributed by atoms with E-state index in [1.807, 2.05) is 74.6 Å². The third kappa shape index (κ3) is 2.55. The Bertz CT molecular complexity index is 864. The van der Waals surface area contributed by atoms with Crippen LogP contribution in [-0.4, -0.2) is 26.1 Å². The molecule has 4 heteroatoms. The number of aromatic amines is 1. The normalized spacial score (nSPS) is 10.7. The third-order valence-corrected chi connectivity index (χ3v) is 3.83. The lowest BCUT2D eigenvalue weighted by molar-refractivity contribution is 1.13. The number of nitrogens with zero attached hydrogens (tertiary/aromatic N) is 1. The van der Waals surface area contributed by atoms with Crippen LogP contribution in [0.15, 0.2) is 53.3 Å². The maximum Gasteiger partial charge on any atom is 0.256 e. The lowest BCUT2D eigenvalue weighted by Crippen LogP contribution is -2.11. The van der Waals surface area contributed by atoms with Gasteiger partial charge in [0.25, 0.3) is 5.56 Å². The van der Waals surface area contributed by atoms with Crippen LogP contribution < -0.4 is 15.8 Å². The highest BCUT2D eigenvalue weighted by Crippen LogP contribution is 2.23. The van der Waals surface area contributed by atoms with Crippen molar-refractivity contribution in [2.24, 2.45) is 0 Å². The number of nitrogens with one attached hydrogen (secondary N) is 2. The molecule has 0 saturated heterocycles. The first-order valence-electron chi connectivity index (χ1n) is 7.21. The van der Waals surface area contributed by atoms with Gasteiger partial charge in [0.2, 0.25) is 0 Å². The van der Waals surface area contributed by atoms with Crippen molar-refractivity contribution in [1.82, 2.24) is 4.98 Å². The summed E-state index contributed by atoms with van der Waals surface area (Å²) in [5.41, 5.74) is 3.83. The minimum atomic E-state index is -0.0612. The lowest BCUT2D eigenvalue weighted by atomic mass is 10.1. The molecule has 112 valence electrons. The first kappa shape index (κ1) is 14.2. The maximum atomic E-state index is 12.4. The van der Waals surface area contributed by atoms with Gasteiger partial charge in [-0.15, -0.1) is 0 Å². The van der Waals surface area contributed by atoms with E-state index in [4.69, 9.17) is 0 Å². The van der Waals surface area contributed by atoms with E-state index in [1.54, 1.807) is 0 Å². The molecule has 0 saturated carbocycles. The van der Waals surface area contributed by atoms with Crippen molar-refractivity contribution >= 4 is 22.1 Å². The Morgan fingerprint density at radius 3 is 2.36 bits per heavy atom. The van der Waals surface area contributed by atoms with Gasteiger partial charge in [-0.2, -0.15) is 0 Å². The number of fused-ring (bicyclic) bond motifs is 1. The van der Waals surface area contributed by atoms with Gasteiger partial charge in [-0.05, 0) is 41.3 Å². The van der Waals surface area contributed by atoms with Crippen LogP contribution in [0.4, 0.5) is 11.4 Å². The summed E-state index contributed by atoms with van der Waals surface area (Å²) >= 11 is 0. The van der Waals surface area contributed by atoms with Crippen LogP contribution in [0.2, 0.25) is 0 Å². The zero-order chi connectivity index (χ0) is 15.7. The molecule has 4 nitrogen and oxygen atoms in total. The average Bonchev–Trinajstić information content (AvgIpc) is 2.54. The highest BCUT2D eigenvalue weighted by Gasteiger charge is 2.06. The summed E-state index contributed by atoms with van der Waals surface area (Å²) in [5.74, 6) is 0. The van der Waals surface area contributed by atoms with Gasteiger partial charge >= 0.3 is 0 Å². The van der Waals surface area contributed by atoms with Crippen LogP contribution in [0.5, 0.6) is 0 Å². The van der Waals surface area contributed by atoms with Crippen LogP contribution in [0.25, 0.3) is 22.0 Å². The second-order valence-electron chi connectivity index (χ2n) is 5.51. The summed E-state index contributed by atoms with van der Waals surface area (Å²) in [6.45, 7) is 0. The molecule has 3 rings (SSSR count). The molecular weight excluding hydrogens is 274 g/mol. The van der Waals surface area contributed by atoms with E-state index in [1.165, 1.54) is 0 Å². The van der Waals surface area contributed by atoms with E-state index in [-0.39, 0.29) is 5.56 Å². The van der Waals surface area contributed by atoms with Gasteiger partial charge < -0.3 is 15.2 Å². The van der Waals surface area contributed by atoms with E-state index in [0.717, 1.165) is 28.0 Å². The quantitative estimate of drug-likeness (QED) is 0.779. The fourth-order valence-corrected chi connectivity index (χ4v) is 2.50. The molecular formula is C18H19N3O. The molecule has 0 aliphatic heterocycles. The topological polar surface area (TPSA) is 48.1 Å². The largest absolute Gasteiger partial charge is 0.388 e. The molecule has 0 amide bonds. The summed E-state index contributed by atoms with van der Waals surface area (Å²) in [6.07, 6.45) is 0. The highest BCUT2D eigenvalue weighted by molar-refractivity contribution is 5.88. The van der Waals surface area contributed by atoms with E-state index in [2.05, 4.69) is 10.3 Å². The SMILES string of the molecule is CNc1ccc(-c2cc3ccc(N(C)C)cc3c(=O)[nH]2)cc1. The Morgan fingerprint density at radius 2 is 1.73 bits per heavy atom. The standard InChI is InChI=1S/C18H19N3O/c1-19-14-7-4-12(5-8-14)17-10-13-6-9-15(21(2)3)11-16(13)18(22)20-17/h4-11,19H,1-3H3,(H,20,22). The van der Waals surface area contributed by atoms with Crippen molar-refractivity contribution in [3.63, 3.8) is 0 Å². The van der Waals surface area contributed by atoms with Gasteiger partial charge in [-0.3, -0.25) is 4.79 Å². The molecule has 1 aromatic heterocycles. The molecule has 0 atom stereocenters. The second kappa shape index (κ2) is 5.56. The van der Waals surface area contributed by atoms with Gasteiger partial charge in [0.05, 0.1) is 0 Å². The Balaban J connectivity index is 2.12. The molecule has 0 bridgehead atoms. The monoisotopic (exact) mass is 293 g/mol. The number of benzene rings is 2. The number of hydrogen-bond donors (Lipinski definition) is 2. The molecule has 0 unspecified atom stereocenters. The van der Waals surface area contributed by atoms with Crippen LogP contribution in [0, 0.1) is 0 Å². The van der Waals surface area contributed by atoms with Gasteiger partial charge in [-0.25, -0.2) is 0 Å². The Morgan fingerprint density at radius 1 is 1.00 bits per heavy atom. The number of aromatic nitrogens is 1. The minimum Gasteiger partial charge on any atom is -0.388 e. The van der Waals surface area contributed by atoms with Gasteiger partial charge in [0, 0.05) is 43.6 Å². The fourth-order valence-electron chi connectivity index (χ4n) is 2.50. The summed E-state index contributed by atoms with van der Waals surface area (Å²) in [5, 5.41) is 4.74. The van der Waals surface area contributed by atoms with Crippen LogP contribution in [0.1, 0.15) is 0 Å². The Kier molecular flexibility index (Phi) is 3.59. The number of pyridine rings is 1. The molecule has 0 radical (unpaired) electrons. The number of H-pyrrole nitrogens is 1. The number of anilines is 2. The van der Waals surface area contributed by atoms with Gasteiger partial charge in [0.1, 0.15) is 0 Å². The van der Waals surface area contributed by atoms with Crippen LogP contribution in [-0.2, 0) is 0 Å². The number of rotatable bonds is 3. The van der Waals surface area contributed by atoms with E-state index < -0.39 is 0 Å². The maximum absolute atomic E-state index is 12.4. The summed E-state index contributed by atoms with van der Waals surface area (Å²) < 4.78 is 0. The predicted octanol–water partition coefficient (Wildman–Crippen LogP) is 3.30. The molecule has 0 fully saturated rings. The summed E-state index contributed by atoms with van der Waals surface area (Å²) in [6, 6.07) is 15.9. The van der Waals surface area contributed by atoms with Crippen molar-refractivity contribution in [3.8, 4) is 11.3 Å². The Labute approximate surface area is 129 Å². The van der Waals surface area contributed by atoms with Crippen molar-refractivity contribution in [2.45, 2.75) is 0 Å². The summed E-state index contributed by atoms with van der Waals surface area (Å²) in [7, 11) is 5.81. The molecule has 2 N–H and O–H groups in total. The first-order valence-corrected chi connectivity index (χ1v) is 7.21. The van der Waals surface area contributed by atoms with Gasteiger partial charge in [-0.1, -0.05) is 18.2 Å². The molecule has 22 heavy (non-hydrogen) atoms. The molecule has 1 heterocycles. The van der Waals surface area contributed by atoms with Crippen LogP contribution >= 0.6 is 0 Å². The van der Waals surface area contributed by atoms with E-state index in [9.17, 15) is 4.79 Å². The Hall–Kier alpha value is -2.75. The van der Waals surface area contributed by atoms with Crippen molar-refractivity contribution in [2.75, 3.05) is 31.4 Å². The second-order valence-corrected chi connectivity index (χ2v) is 5.51. The highest BCUT2D eigenvalue weighted by atomic mass is 16.1.